The number of likely N-dealkylation sites (tertiary alicyclic amines) is 1. The largest absolute Gasteiger partial charge is 0.481 e. The van der Waals surface area contributed by atoms with Gasteiger partial charge in [0, 0.05) is 13.1 Å². The van der Waals surface area contributed by atoms with Crippen LogP contribution in [0.15, 0.2) is 24.3 Å². The first-order valence-corrected chi connectivity index (χ1v) is 7.15. The minimum absolute atomic E-state index is 0.0309. The quantitative estimate of drug-likeness (QED) is 0.864. The Morgan fingerprint density at radius 1 is 1.25 bits per heavy atom. The van der Waals surface area contributed by atoms with Crippen LogP contribution in [-0.4, -0.2) is 47.4 Å². The summed E-state index contributed by atoms with van der Waals surface area (Å²) in [6.07, 6.45) is -4.37. The van der Waals surface area contributed by atoms with E-state index in [9.17, 15) is 27.6 Å². The molecule has 0 bridgehead atoms. The molecule has 2 N–H and O–H groups in total. The Balaban J connectivity index is 1.97. The van der Waals surface area contributed by atoms with Crippen molar-refractivity contribution in [3.05, 3.63) is 35.4 Å². The molecule has 1 aromatic rings. The van der Waals surface area contributed by atoms with Crippen molar-refractivity contribution in [2.45, 2.75) is 12.6 Å². The van der Waals surface area contributed by atoms with E-state index in [1.807, 2.05) is 0 Å². The summed E-state index contributed by atoms with van der Waals surface area (Å²) < 4.78 is 38.6. The van der Waals surface area contributed by atoms with E-state index < -0.39 is 47.5 Å². The van der Waals surface area contributed by atoms with Gasteiger partial charge in [0.1, 0.15) is 0 Å². The Kier molecular flexibility index (Phi) is 5.10. The average molecular weight is 344 g/mol. The van der Waals surface area contributed by atoms with Crippen LogP contribution in [0, 0.1) is 5.92 Å². The van der Waals surface area contributed by atoms with Gasteiger partial charge in [0.05, 0.1) is 23.6 Å². The van der Waals surface area contributed by atoms with Gasteiger partial charge >= 0.3 is 12.1 Å². The highest BCUT2D eigenvalue weighted by molar-refractivity contribution is 5.98. The van der Waals surface area contributed by atoms with Gasteiger partial charge in [-0.05, 0) is 18.6 Å². The summed E-state index contributed by atoms with van der Waals surface area (Å²) in [5.41, 5.74) is -1.65. The number of nitrogens with zero attached hydrogens (tertiary/aromatic N) is 1. The van der Waals surface area contributed by atoms with Gasteiger partial charge in [0.2, 0.25) is 5.91 Å². The maximum absolute atomic E-state index is 12.9. The van der Waals surface area contributed by atoms with Gasteiger partial charge in [-0.2, -0.15) is 13.2 Å². The summed E-state index contributed by atoms with van der Waals surface area (Å²) in [5.74, 6) is -3.20. The minimum Gasteiger partial charge on any atom is -0.481 e. The molecule has 1 atom stereocenters. The van der Waals surface area contributed by atoms with Crippen LogP contribution in [0.3, 0.4) is 0 Å². The molecule has 2 amide bonds. The second kappa shape index (κ2) is 6.90. The Morgan fingerprint density at radius 2 is 1.92 bits per heavy atom. The molecule has 0 saturated carbocycles. The molecule has 1 heterocycles. The van der Waals surface area contributed by atoms with Gasteiger partial charge in [-0.1, -0.05) is 12.1 Å². The molecule has 0 spiro atoms. The van der Waals surface area contributed by atoms with Gasteiger partial charge in [0.15, 0.2) is 0 Å². The number of carboxylic acids is 1. The maximum Gasteiger partial charge on any atom is 0.417 e. The standard InChI is InChI=1S/C15H15F3N2O4/c16-15(17,18)11-4-2-1-3-10(11)13(22)19-7-12(21)20-6-5-9(8-20)14(23)24/h1-4,9H,5-8H2,(H,19,22)(H,23,24). The molecule has 0 aromatic heterocycles. The molecule has 6 nitrogen and oxygen atoms in total. The average Bonchev–Trinajstić information content (AvgIpc) is 3.01. The van der Waals surface area contributed by atoms with Crippen LogP contribution >= 0.6 is 0 Å². The van der Waals surface area contributed by atoms with E-state index in [-0.39, 0.29) is 13.1 Å². The van der Waals surface area contributed by atoms with Crippen molar-refractivity contribution >= 4 is 17.8 Å². The fourth-order valence-corrected chi connectivity index (χ4v) is 2.48. The Hall–Kier alpha value is -2.58. The number of halogens is 3. The molecule has 24 heavy (non-hydrogen) atoms. The van der Waals surface area contributed by atoms with Crippen molar-refractivity contribution in [1.29, 1.82) is 0 Å². The van der Waals surface area contributed by atoms with Gasteiger partial charge in [-0.3, -0.25) is 14.4 Å². The molecule has 0 aliphatic carbocycles. The number of rotatable bonds is 4. The Labute approximate surface area is 135 Å². The van der Waals surface area contributed by atoms with Crippen molar-refractivity contribution in [1.82, 2.24) is 10.2 Å². The highest BCUT2D eigenvalue weighted by Crippen LogP contribution is 2.31. The van der Waals surface area contributed by atoms with Crippen LogP contribution < -0.4 is 5.32 Å². The lowest BCUT2D eigenvalue weighted by molar-refractivity contribution is -0.141. The smallest absolute Gasteiger partial charge is 0.417 e. The first-order valence-electron chi connectivity index (χ1n) is 7.15. The number of carbonyl (C=O) groups excluding carboxylic acids is 2. The van der Waals surface area contributed by atoms with Crippen LogP contribution in [0.25, 0.3) is 0 Å². The number of hydrogen-bond donors (Lipinski definition) is 2. The number of benzene rings is 1. The minimum atomic E-state index is -4.68. The van der Waals surface area contributed by atoms with Crippen LogP contribution in [0.5, 0.6) is 0 Å². The van der Waals surface area contributed by atoms with Crippen LogP contribution in [0.1, 0.15) is 22.3 Å². The lowest BCUT2D eigenvalue weighted by Crippen LogP contribution is -2.39. The van der Waals surface area contributed by atoms with E-state index in [1.165, 1.54) is 17.0 Å². The summed E-state index contributed by atoms with van der Waals surface area (Å²) in [6.45, 7) is -0.217. The fourth-order valence-electron chi connectivity index (χ4n) is 2.48. The zero-order valence-corrected chi connectivity index (χ0v) is 12.5. The molecular weight excluding hydrogens is 329 g/mol. The zero-order valence-electron chi connectivity index (χ0n) is 12.5. The summed E-state index contributed by atoms with van der Waals surface area (Å²) in [7, 11) is 0. The first-order chi connectivity index (χ1) is 11.2. The number of nitrogens with one attached hydrogen (secondary N) is 1. The third-order valence-electron chi connectivity index (χ3n) is 3.77. The number of aliphatic carboxylic acids is 1. The maximum atomic E-state index is 12.9. The molecular formula is C15H15F3N2O4. The third-order valence-corrected chi connectivity index (χ3v) is 3.77. The lowest BCUT2D eigenvalue weighted by Gasteiger charge is -2.17. The second-order valence-electron chi connectivity index (χ2n) is 5.39. The van der Waals surface area contributed by atoms with E-state index in [1.54, 1.807) is 0 Å². The summed E-state index contributed by atoms with van der Waals surface area (Å²) in [5, 5.41) is 11.0. The number of carbonyl (C=O) groups is 3. The highest BCUT2D eigenvalue weighted by Gasteiger charge is 2.35. The molecule has 1 aliphatic rings. The van der Waals surface area contributed by atoms with Gasteiger partial charge in [0.25, 0.3) is 5.91 Å². The summed E-state index contributed by atoms with van der Waals surface area (Å²) >= 11 is 0. The number of alkyl halides is 3. The van der Waals surface area contributed by atoms with E-state index >= 15 is 0 Å². The molecule has 9 heteroatoms. The lowest BCUT2D eigenvalue weighted by atomic mass is 10.1. The fraction of sp³-hybridized carbons (Fsp3) is 0.400. The van der Waals surface area contributed by atoms with Gasteiger partial charge in [-0.15, -0.1) is 0 Å². The predicted octanol–water partition coefficient (Wildman–Crippen LogP) is 1.37. The number of amides is 2. The van der Waals surface area contributed by atoms with Gasteiger partial charge in [-0.25, -0.2) is 0 Å². The summed E-state index contributed by atoms with van der Waals surface area (Å²) in [6, 6.07) is 4.28. The molecule has 0 radical (unpaired) electrons. The van der Waals surface area contributed by atoms with E-state index in [2.05, 4.69) is 5.32 Å². The van der Waals surface area contributed by atoms with Crippen LogP contribution in [0.4, 0.5) is 13.2 Å². The normalized spacial score (nSPS) is 17.6. The van der Waals surface area contributed by atoms with Crippen molar-refractivity contribution in [3.63, 3.8) is 0 Å². The first kappa shape index (κ1) is 17.8. The Bertz CT molecular complexity index is 660. The second-order valence-corrected chi connectivity index (χ2v) is 5.39. The third kappa shape index (κ3) is 4.03. The monoisotopic (exact) mass is 344 g/mol. The zero-order chi connectivity index (χ0) is 17.9. The van der Waals surface area contributed by atoms with E-state index in [0.717, 1.165) is 12.1 Å². The van der Waals surface area contributed by atoms with Crippen molar-refractivity contribution in [2.75, 3.05) is 19.6 Å². The van der Waals surface area contributed by atoms with Crippen LogP contribution in [0.2, 0.25) is 0 Å². The van der Waals surface area contributed by atoms with Crippen LogP contribution in [-0.2, 0) is 15.8 Å². The topological polar surface area (TPSA) is 86.7 Å². The van der Waals surface area contributed by atoms with Crippen molar-refractivity contribution in [3.8, 4) is 0 Å². The molecule has 2 rings (SSSR count). The van der Waals surface area contributed by atoms with Crippen molar-refractivity contribution < 1.29 is 32.7 Å². The summed E-state index contributed by atoms with van der Waals surface area (Å²) in [4.78, 5) is 36.0. The SMILES string of the molecule is O=C(NCC(=O)N1CCC(C(=O)O)C1)c1ccccc1C(F)(F)F. The van der Waals surface area contributed by atoms with Gasteiger partial charge < -0.3 is 15.3 Å². The molecule has 1 unspecified atom stereocenters. The van der Waals surface area contributed by atoms with Crippen molar-refractivity contribution in [2.24, 2.45) is 5.92 Å². The molecule has 130 valence electrons. The number of carboxylic acid groups (broad SMARTS) is 1. The van der Waals surface area contributed by atoms with E-state index in [4.69, 9.17) is 5.11 Å². The predicted molar refractivity (Wildman–Crippen MR) is 76.1 cm³/mol. The Morgan fingerprint density at radius 3 is 2.50 bits per heavy atom. The molecule has 1 aliphatic heterocycles. The molecule has 1 saturated heterocycles. The number of hydrogen-bond acceptors (Lipinski definition) is 3. The highest BCUT2D eigenvalue weighted by atomic mass is 19.4. The molecule has 1 aromatic carbocycles. The van der Waals surface area contributed by atoms with E-state index in [0.29, 0.717) is 6.42 Å². The molecule has 1 fully saturated rings.